The fourth-order valence-electron chi connectivity index (χ4n) is 2.61. The number of piperazine rings is 1. The Labute approximate surface area is 135 Å². The van der Waals surface area contributed by atoms with Crippen molar-refractivity contribution in [1.82, 2.24) is 9.21 Å². The van der Waals surface area contributed by atoms with Crippen molar-refractivity contribution in [2.45, 2.75) is 18.2 Å². The average molecular weight is 343 g/mol. The van der Waals surface area contributed by atoms with Gasteiger partial charge in [0.25, 0.3) is 5.69 Å². The van der Waals surface area contributed by atoms with E-state index >= 15 is 0 Å². The van der Waals surface area contributed by atoms with Crippen molar-refractivity contribution in [2.75, 3.05) is 39.3 Å². The Hall–Kier alpha value is -1.55. The van der Waals surface area contributed by atoms with E-state index < -0.39 is 14.9 Å². The van der Waals surface area contributed by atoms with E-state index in [0.29, 0.717) is 38.2 Å². The Balaban J connectivity index is 2.17. The molecule has 0 unspecified atom stereocenters. The summed E-state index contributed by atoms with van der Waals surface area (Å²) in [5.41, 5.74) is 0.272. The maximum Gasteiger partial charge on any atom is 0.270 e. The third-order valence-electron chi connectivity index (χ3n) is 3.96. The van der Waals surface area contributed by atoms with Gasteiger partial charge in [-0.25, -0.2) is 8.42 Å². The summed E-state index contributed by atoms with van der Waals surface area (Å²) in [5.74, 6) is 0. The number of non-ortho nitro benzene ring substituents is 1. The number of nitrogens with zero attached hydrogens (tertiary/aromatic N) is 3. The molecule has 1 aromatic carbocycles. The van der Waals surface area contributed by atoms with Crippen LogP contribution in [-0.2, 0) is 10.0 Å². The lowest BCUT2D eigenvalue weighted by atomic mass is 10.2. The second-order valence-corrected chi connectivity index (χ2v) is 7.44. The lowest BCUT2D eigenvalue weighted by molar-refractivity contribution is -0.385. The summed E-state index contributed by atoms with van der Waals surface area (Å²) in [6.07, 6.45) is 0.663. The van der Waals surface area contributed by atoms with Crippen LogP contribution in [0.5, 0.6) is 0 Å². The predicted octanol–water partition coefficient (Wildman–Crippen LogP) is 0.592. The van der Waals surface area contributed by atoms with Gasteiger partial charge in [0.1, 0.15) is 0 Å². The zero-order chi connectivity index (χ0) is 17.0. The molecular weight excluding hydrogens is 322 g/mol. The number of hydrogen-bond donors (Lipinski definition) is 1. The second-order valence-electron chi connectivity index (χ2n) is 5.53. The first-order chi connectivity index (χ1) is 10.9. The summed E-state index contributed by atoms with van der Waals surface area (Å²) in [7, 11) is -3.74. The van der Waals surface area contributed by atoms with Crippen LogP contribution in [0.2, 0.25) is 0 Å². The molecule has 23 heavy (non-hydrogen) atoms. The van der Waals surface area contributed by atoms with E-state index in [1.165, 1.54) is 16.4 Å². The molecule has 0 spiro atoms. The molecule has 9 heteroatoms. The zero-order valence-electron chi connectivity index (χ0n) is 13.0. The van der Waals surface area contributed by atoms with Crippen LogP contribution in [-0.4, -0.2) is 67.0 Å². The van der Waals surface area contributed by atoms with E-state index in [2.05, 4.69) is 4.90 Å². The number of rotatable bonds is 6. The number of benzene rings is 1. The van der Waals surface area contributed by atoms with Crippen LogP contribution < -0.4 is 0 Å². The van der Waals surface area contributed by atoms with Crippen LogP contribution >= 0.6 is 0 Å². The van der Waals surface area contributed by atoms with Gasteiger partial charge in [0, 0.05) is 51.5 Å². The maximum atomic E-state index is 12.7. The molecule has 1 fully saturated rings. The number of hydrogen-bond acceptors (Lipinski definition) is 6. The van der Waals surface area contributed by atoms with Crippen molar-refractivity contribution < 1.29 is 18.4 Å². The smallest absolute Gasteiger partial charge is 0.270 e. The third-order valence-corrected chi connectivity index (χ3v) is 6.00. The predicted molar refractivity (Wildman–Crippen MR) is 84.7 cm³/mol. The van der Waals surface area contributed by atoms with Crippen molar-refractivity contribution in [3.8, 4) is 0 Å². The number of aryl methyl sites for hydroxylation is 1. The number of aliphatic hydroxyl groups excluding tert-OH is 1. The molecule has 0 bridgehead atoms. The highest BCUT2D eigenvalue weighted by Gasteiger charge is 2.30. The number of aliphatic hydroxyl groups is 1. The Kier molecular flexibility index (Phi) is 5.69. The highest BCUT2D eigenvalue weighted by molar-refractivity contribution is 7.89. The molecule has 0 saturated carbocycles. The monoisotopic (exact) mass is 343 g/mol. The van der Waals surface area contributed by atoms with Crippen molar-refractivity contribution >= 4 is 15.7 Å². The average Bonchev–Trinajstić information content (AvgIpc) is 2.53. The molecule has 8 nitrogen and oxygen atoms in total. The van der Waals surface area contributed by atoms with Crippen molar-refractivity contribution in [3.63, 3.8) is 0 Å². The molecule has 1 N–H and O–H groups in total. The lowest BCUT2D eigenvalue weighted by Crippen LogP contribution is -2.48. The Morgan fingerprint density at radius 3 is 2.48 bits per heavy atom. The van der Waals surface area contributed by atoms with Crippen LogP contribution in [0.25, 0.3) is 0 Å². The summed E-state index contributed by atoms with van der Waals surface area (Å²) in [6.45, 7) is 4.35. The molecule has 0 aromatic heterocycles. The first-order valence-electron chi connectivity index (χ1n) is 7.44. The zero-order valence-corrected chi connectivity index (χ0v) is 13.8. The highest BCUT2D eigenvalue weighted by atomic mass is 32.2. The molecule has 0 amide bonds. The van der Waals surface area contributed by atoms with E-state index in [4.69, 9.17) is 5.11 Å². The van der Waals surface area contributed by atoms with Crippen molar-refractivity contribution in [2.24, 2.45) is 0 Å². The van der Waals surface area contributed by atoms with Gasteiger partial charge in [-0.15, -0.1) is 0 Å². The topological polar surface area (TPSA) is 104 Å². The first-order valence-corrected chi connectivity index (χ1v) is 8.88. The van der Waals surface area contributed by atoms with Crippen LogP contribution in [0.4, 0.5) is 5.69 Å². The van der Waals surface area contributed by atoms with Gasteiger partial charge in [0.05, 0.1) is 9.82 Å². The summed E-state index contributed by atoms with van der Waals surface area (Å²) < 4.78 is 26.9. The third kappa shape index (κ3) is 4.05. The molecular formula is C14H21N3O5S. The fraction of sp³-hybridized carbons (Fsp3) is 0.571. The standard InChI is InChI=1S/C14H21N3O5S/c1-12-3-4-13(17(19)20)11-14(12)23(21,22)16-8-6-15(7-9-16)5-2-10-18/h3-4,11,18H,2,5-10H2,1H3. The highest BCUT2D eigenvalue weighted by Crippen LogP contribution is 2.25. The molecule has 1 aromatic rings. The molecule has 1 aliphatic rings. The summed E-state index contributed by atoms with van der Waals surface area (Å²) >= 11 is 0. The van der Waals surface area contributed by atoms with Gasteiger partial charge in [-0.1, -0.05) is 6.07 Å². The number of sulfonamides is 1. The molecule has 2 rings (SSSR count). The number of nitro benzene ring substituents is 1. The SMILES string of the molecule is Cc1ccc([N+](=O)[O-])cc1S(=O)(=O)N1CCN(CCCO)CC1. The van der Waals surface area contributed by atoms with Gasteiger partial charge in [-0.2, -0.15) is 4.31 Å². The van der Waals surface area contributed by atoms with Gasteiger partial charge < -0.3 is 10.0 Å². The Morgan fingerprint density at radius 2 is 1.91 bits per heavy atom. The maximum absolute atomic E-state index is 12.7. The Morgan fingerprint density at radius 1 is 1.26 bits per heavy atom. The molecule has 1 heterocycles. The fourth-order valence-corrected chi connectivity index (χ4v) is 4.27. The van der Waals surface area contributed by atoms with E-state index in [-0.39, 0.29) is 17.2 Å². The minimum absolute atomic E-state index is 0.00416. The van der Waals surface area contributed by atoms with Crippen LogP contribution in [0.3, 0.4) is 0 Å². The molecule has 1 saturated heterocycles. The van der Waals surface area contributed by atoms with E-state index in [1.54, 1.807) is 6.92 Å². The first kappa shape index (κ1) is 17.8. The van der Waals surface area contributed by atoms with Gasteiger partial charge in [-0.05, 0) is 18.9 Å². The second kappa shape index (κ2) is 7.35. The van der Waals surface area contributed by atoms with E-state index in [1.807, 2.05) is 0 Å². The van der Waals surface area contributed by atoms with E-state index in [9.17, 15) is 18.5 Å². The molecule has 1 aliphatic heterocycles. The number of nitro groups is 1. The summed E-state index contributed by atoms with van der Waals surface area (Å²) in [4.78, 5) is 12.4. The summed E-state index contributed by atoms with van der Waals surface area (Å²) in [5, 5.41) is 19.7. The van der Waals surface area contributed by atoms with Crippen LogP contribution in [0, 0.1) is 17.0 Å². The molecule has 0 atom stereocenters. The van der Waals surface area contributed by atoms with Gasteiger partial charge in [0.15, 0.2) is 0 Å². The molecule has 128 valence electrons. The normalized spacial score (nSPS) is 17.3. The van der Waals surface area contributed by atoms with E-state index in [0.717, 1.165) is 12.6 Å². The van der Waals surface area contributed by atoms with Crippen LogP contribution in [0.15, 0.2) is 23.1 Å². The minimum Gasteiger partial charge on any atom is -0.396 e. The van der Waals surface area contributed by atoms with Gasteiger partial charge in [0.2, 0.25) is 10.0 Å². The molecule has 0 aliphatic carbocycles. The van der Waals surface area contributed by atoms with Gasteiger partial charge in [-0.3, -0.25) is 10.1 Å². The van der Waals surface area contributed by atoms with Crippen molar-refractivity contribution in [1.29, 1.82) is 0 Å². The van der Waals surface area contributed by atoms with Crippen LogP contribution in [0.1, 0.15) is 12.0 Å². The van der Waals surface area contributed by atoms with Gasteiger partial charge >= 0.3 is 0 Å². The Bertz CT molecular complexity index is 669. The quantitative estimate of drug-likeness (QED) is 0.599. The molecule has 0 radical (unpaired) electrons. The van der Waals surface area contributed by atoms with Crippen molar-refractivity contribution in [3.05, 3.63) is 33.9 Å². The summed E-state index contributed by atoms with van der Waals surface area (Å²) in [6, 6.07) is 3.90. The largest absolute Gasteiger partial charge is 0.396 e. The minimum atomic E-state index is -3.74. The lowest BCUT2D eigenvalue weighted by Gasteiger charge is -2.34.